The van der Waals surface area contributed by atoms with Gasteiger partial charge in [-0.1, -0.05) is 35.4 Å². The quantitative estimate of drug-likeness (QED) is 0.564. The molecule has 0 saturated heterocycles. The number of benzene rings is 3. The number of aromatic nitrogens is 2. The summed E-state index contributed by atoms with van der Waals surface area (Å²) in [5.41, 5.74) is 1.07. The third kappa shape index (κ3) is 3.37. The van der Waals surface area contributed by atoms with Crippen molar-refractivity contribution in [1.29, 1.82) is 0 Å². The first-order chi connectivity index (χ1) is 13.7. The van der Waals surface area contributed by atoms with Crippen molar-refractivity contribution < 1.29 is 18.7 Å². The van der Waals surface area contributed by atoms with Gasteiger partial charge in [0.1, 0.15) is 11.5 Å². The summed E-state index contributed by atoms with van der Waals surface area (Å²) in [5.74, 6) is 1.01. The summed E-state index contributed by atoms with van der Waals surface area (Å²) in [6, 6.07) is 18.5. The molecule has 0 fully saturated rings. The first-order valence-corrected chi connectivity index (χ1v) is 8.54. The van der Waals surface area contributed by atoms with Gasteiger partial charge in [0.25, 0.3) is 5.91 Å². The summed E-state index contributed by atoms with van der Waals surface area (Å²) in [4.78, 5) is 12.7. The van der Waals surface area contributed by atoms with Gasteiger partial charge in [0.15, 0.2) is 0 Å². The number of amides is 1. The highest BCUT2D eigenvalue weighted by Crippen LogP contribution is 2.28. The van der Waals surface area contributed by atoms with Crippen molar-refractivity contribution in [1.82, 2.24) is 10.2 Å². The lowest BCUT2D eigenvalue weighted by molar-refractivity contribution is 0.102. The lowest BCUT2D eigenvalue weighted by Gasteiger charge is -2.09. The minimum Gasteiger partial charge on any atom is -0.497 e. The highest BCUT2D eigenvalue weighted by Gasteiger charge is 2.17. The number of hydrogen-bond donors (Lipinski definition) is 1. The lowest BCUT2D eigenvalue weighted by atomic mass is 10.1. The van der Waals surface area contributed by atoms with Crippen LogP contribution in [-0.2, 0) is 0 Å². The van der Waals surface area contributed by atoms with Crippen molar-refractivity contribution in [2.24, 2.45) is 0 Å². The van der Waals surface area contributed by atoms with Gasteiger partial charge in [0.05, 0.1) is 19.8 Å². The second kappa shape index (κ2) is 7.40. The van der Waals surface area contributed by atoms with Crippen LogP contribution in [0.2, 0.25) is 0 Å². The maximum absolute atomic E-state index is 12.7. The first kappa shape index (κ1) is 17.5. The van der Waals surface area contributed by atoms with E-state index >= 15 is 0 Å². The van der Waals surface area contributed by atoms with Crippen molar-refractivity contribution in [3.8, 4) is 23.0 Å². The molecule has 1 heterocycles. The molecule has 140 valence electrons. The van der Waals surface area contributed by atoms with Gasteiger partial charge in [0, 0.05) is 5.56 Å². The molecular weight excluding hydrogens is 358 g/mol. The molecule has 1 amide bonds. The summed E-state index contributed by atoms with van der Waals surface area (Å²) in [6.07, 6.45) is 0. The van der Waals surface area contributed by atoms with Crippen LogP contribution in [0.15, 0.2) is 65.1 Å². The molecule has 0 saturated carbocycles. The summed E-state index contributed by atoms with van der Waals surface area (Å²) in [5, 5.41) is 12.4. The van der Waals surface area contributed by atoms with E-state index in [1.807, 2.05) is 48.5 Å². The van der Waals surface area contributed by atoms with E-state index in [4.69, 9.17) is 13.9 Å². The molecule has 3 aromatic carbocycles. The largest absolute Gasteiger partial charge is 0.497 e. The van der Waals surface area contributed by atoms with E-state index in [-0.39, 0.29) is 11.9 Å². The van der Waals surface area contributed by atoms with Gasteiger partial charge in [-0.05, 0) is 41.1 Å². The van der Waals surface area contributed by atoms with Gasteiger partial charge in [-0.2, -0.15) is 0 Å². The predicted molar refractivity (Wildman–Crippen MR) is 105 cm³/mol. The normalized spacial score (nSPS) is 10.6. The Bertz CT molecular complexity index is 1150. The fraction of sp³-hybridized carbons (Fsp3) is 0.0952. The predicted octanol–water partition coefficient (Wildman–Crippen LogP) is 4.16. The molecule has 0 atom stereocenters. The standard InChI is InChI=1S/C21H17N3O4/c1-26-16-9-5-8-15(10-16)20-23-24-21(28-20)22-19(25)17-11-13-6-3-4-7-14(13)12-18(17)27-2/h3-12H,1-2H3,(H,22,24,25). The molecule has 7 nitrogen and oxygen atoms in total. The highest BCUT2D eigenvalue weighted by atomic mass is 16.5. The molecule has 4 rings (SSSR count). The van der Waals surface area contributed by atoms with Crippen molar-refractivity contribution in [2.45, 2.75) is 0 Å². The Morgan fingerprint density at radius 2 is 1.71 bits per heavy atom. The van der Waals surface area contributed by atoms with Crippen LogP contribution in [0.3, 0.4) is 0 Å². The smallest absolute Gasteiger partial charge is 0.322 e. The SMILES string of the molecule is COc1cccc(-c2nnc(NC(=O)c3cc4ccccc4cc3OC)o2)c1. The third-order valence-electron chi connectivity index (χ3n) is 4.27. The maximum Gasteiger partial charge on any atom is 0.322 e. The van der Waals surface area contributed by atoms with E-state index < -0.39 is 5.91 Å². The van der Waals surface area contributed by atoms with Crippen LogP contribution in [-0.4, -0.2) is 30.3 Å². The Balaban J connectivity index is 1.60. The van der Waals surface area contributed by atoms with Crippen LogP contribution in [0.25, 0.3) is 22.2 Å². The number of rotatable bonds is 5. The molecule has 0 bridgehead atoms. The molecule has 0 aliphatic heterocycles. The lowest BCUT2D eigenvalue weighted by Crippen LogP contribution is -2.13. The van der Waals surface area contributed by atoms with E-state index in [2.05, 4.69) is 15.5 Å². The topological polar surface area (TPSA) is 86.5 Å². The fourth-order valence-electron chi connectivity index (χ4n) is 2.88. The Hall–Kier alpha value is -3.87. The molecule has 0 radical (unpaired) electrons. The molecule has 0 aliphatic rings. The van der Waals surface area contributed by atoms with Crippen molar-refractivity contribution >= 4 is 22.7 Å². The first-order valence-electron chi connectivity index (χ1n) is 8.54. The zero-order valence-corrected chi connectivity index (χ0v) is 15.3. The zero-order chi connectivity index (χ0) is 19.5. The van der Waals surface area contributed by atoms with Crippen LogP contribution < -0.4 is 14.8 Å². The summed E-state index contributed by atoms with van der Waals surface area (Å²) in [7, 11) is 3.10. The Morgan fingerprint density at radius 3 is 2.46 bits per heavy atom. The van der Waals surface area contributed by atoms with E-state index in [0.29, 0.717) is 22.6 Å². The molecule has 28 heavy (non-hydrogen) atoms. The molecule has 0 spiro atoms. The minimum atomic E-state index is -0.400. The van der Waals surface area contributed by atoms with Crippen molar-refractivity contribution in [3.05, 3.63) is 66.2 Å². The van der Waals surface area contributed by atoms with Crippen LogP contribution in [0, 0.1) is 0 Å². The molecule has 4 aromatic rings. The molecule has 1 aromatic heterocycles. The van der Waals surface area contributed by atoms with Crippen molar-refractivity contribution in [3.63, 3.8) is 0 Å². The third-order valence-corrected chi connectivity index (χ3v) is 4.27. The Kier molecular flexibility index (Phi) is 4.63. The summed E-state index contributed by atoms with van der Waals surface area (Å²) >= 11 is 0. The van der Waals surface area contributed by atoms with Gasteiger partial charge in [-0.25, -0.2) is 0 Å². The van der Waals surface area contributed by atoms with Crippen molar-refractivity contribution in [2.75, 3.05) is 19.5 Å². The molecule has 7 heteroatoms. The number of fused-ring (bicyclic) bond motifs is 1. The summed E-state index contributed by atoms with van der Waals surface area (Å²) < 4.78 is 16.1. The van der Waals surface area contributed by atoms with E-state index in [1.54, 1.807) is 19.2 Å². The Labute approximate surface area is 160 Å². The van der Waals surface area contributed by atoms with Crippen LogP contribution >= 0.6 is 0 Å². The van der Waals surface area contributed by atoms with Crippen LogP contribution in [0.4, 0.5) is 6.01 Å². The second-order valence-electron chi connectivity index (χ2n) is 6.00. The van der Waals surface area contributed by atoms with Crippen LogP contribution in [0.1, 0.15) is 10.4 Å². The number of nitrogens with one attached hydrogen (secondary N) is 1. The van der Waals surface area contributed by atoms with Crippen LogP contribution in [0.5, 0.6) is 11.5 Å². The number of methoxy groups -OCH3 is 2. The fourth-order valence-corrected chi connectivity index (χ4v) is 2.88. The van der Waals surface area contributed by atoms with Gasteiger partial charge in [-0.15, -0.1) is 5.10 Å². The number of nitrogens with zero attached hydrogens (tertiary/aromatic N) is 2. The zero-order valence-electron chi connectivity index (χ0n) is 15.3. The average Bonchev–Trinajstić information content (AvgIpc) is 3.21. The number of ether oxygens (including phenoxy) is 2. The Morgan fingerprint density at radius 1 is 0.929 bits per heavy atom. The van der Waals surface area contributed by atoms with E-state index in [9.17, 15) is 4.79 Å². The van der Waals surface area contributed by atoms with E-state index in [0.717, 1.165) is 10.8 Å². The maximum atomic E-state index is 12.7. The molecule has 1 N–H and O–H groups in total. The van der Waals surface area contributed by atoms with Gasteiger partial charge >= 0.3 is 6.01 Å². The number of anilines is 1. The minimum absolute atomic E-state index is 0.00182. The van der Waals surface area contributed by atoms with E-state index in [1.165, 1.54) is 7.11 Å². The monoisotopic (exact) mass is 375 g/mol. The average molecular weight is 375 g/mol. The van der Waals surface area contributed by atoms with Gasteiger partial charge in [-0.3, -0.25) is 10.1 Å². The molecule has 0 aliphatic carbocycles. The number of hydrogen-bond acceptors (Lipinski definition) is 6. The number of carbonyl (C=O) groups is 1. The van der Waals surface area contributed by atoms with Gasteiger partial charge < -0.3 is 13.9 Å². The molecular formula is C21H17N3O4. The molecule has 0 unspecified atom stereocenters. The highest BCUT2D eigenvalue weighted by molar-refractivity contribution is 6.07. The number of carbonyl (C=O) groups excluding carboxylic acids is 1. The van der Waals surface area contributed by atoms with Gasteiger partial charge in [0.2, 0.25) is 5.89 Å². The second-order valence-corrected chi connectivity index (χ2v) is 6.00. The summed E-state index contributed by atoms with van der Waals surface area (Å²) in [6.45, 7) is 0.